The van der Waals surface area contributed by atoms with Crippen molar-refractivity contribution in [1.29, 1.82) is 0 Å². The van der Waals surface area contributed by atoms with E-state index in [-0.39, 0.29) is 17.3 Å². The van der Waals surface area contributed by atoms with Crippen molar-refractivity contribution in [3.63, 3.8) is 0 Å². The van der Waals surface area contributed by atoms with Gasteiger partial charge >= 0.3 is 12.1 Å². The predicted molar refractivity (Wildman–Crippen MR) is 111 cm³/mol. The Labute approximate surface area is 193 Å². The van der Waals surface area contributed by atoms with Gasteiger partial charge in [-0.15, -0.1) is 0 Å². The van der Waals surface area contributed by atoms with Crippen LogP contribution in [-0.2, 0) is 4.79 Å². The van der Waals surface area contributed by atoms with Gasteiger partial charge in [0.25, 0.3) is 5.91 Å². The maximum absolute atomic E-state index is 13.7. The monoisotopic (exact) mass is 487 g/mol. The normalized spacial score (nSPS) is 19.7. The molecular weight excluding hydrogens is 462 g/mol. The summed E-state index contributed by atoms with van der Waals surface area (Å²) in [6, 6.07) is 4.63. The first kappa shape index (κ1) is 25.5. The predicted octanol–water partition coefficient (Wildman–Crippen LogP) is 3.37. The fourth-order valence-electron chi connectivity index (χ4n) is 4.18. The summed E-state index contributed by atoms with van der Waals surface area (Å²) < 4.78 is 56.3. The van der Waals surface area contributed by atoms with Gasteiger partial charge in [-0.05, 0) is 57.5 Å². The topological polar surface area (TPSA) is 96.1 Å². The molecule has 4 rings (SSSR count). The fourth-order valence-corrected chi connectivity index (χ4v) is 4.18. The quantitative estimate of drug-likeness (QED) is 0.661. The van der Waals surface area contributed by atoms with E-state index in [1.54, 1.807) is 25.3 Å². The molecular formula is C22H25F4N3O5. The molecule has 2 aromatic rings. The summed E-state index contributed by atoms with van der Waals surface area (Å²) >= 11 is 0. The Bertz CT molecular complexity index is 1020. The van der Waals surface area contributed by atoms with Crippen LogP contribution >= 0.6 is 0 Å². The molecule has 2 aromatic heterocycles. The summed E-state index contributed by atoms with van der Waals surface area (Å²) in [5.74, 6) is -2.14. The van der Waals surface area contributed by atoms with Crippen LogP contribution in [0.2, 0.25) is 0 Å². The molecule has 0 bridgehead atoms. The number of carboxylic acid groups (broad SMARTS) is 1. The molecule has 12 heteroatoms. The van der Waals surface area contributed by atoms with E-state index < -0.39 is 18.0 Å². The molecule has 0 aromatic carbocycles. The van der Waals surface area contributed by atoms with Gasteiger partial charge in [-0.25, -0.2) is 14.2 Å². The lowest BCUT2D eigenvalue weighted by molar-refractivity contribution is -0.192. The molecule has 0 aliphatic carbocycles. The van der Waals surface area contributed by atoms with Gasteiger partial charge in [0.2, 0.25) is 5.88 Å². The molecule has 2 aliphatic heterocycles. The van der Waals surface area contributed by atoms with Crippen molar-refractivity contribution < 1.29 is 41.4 Å². The number of rotatable bonds is 4. The van der Waals surface area contributed by atoms with Crippen molar-refractivity contribution in [3.05, 3.63) is 47.8 Å². The molecule has 1 spiro atoms. The highest BCUT2D eigenvalue weighted by molar-refractivity contribution is 5.95. The van der Waals surface area contributed by atoms with Crippen LogP contribution < -0.4 is 4.74 Å². The van der Waals surface area contributed by atoms with Crippen LogP contribution in [0.4, 0.5) is 17.6 Å². The minimum absolute atomic E-state index is 0.0224. The van der Waals surface area contributed by atoms with Gasteiger partial charge in [0, 0.05) is 19.3 Å². The number of likely N-dealkylation sites (N-methyl/N-ethyl adjacent to an activating group) is 1. The highest BCUT2D eigenvalue weighted by Crippen LogP contribution is 2.39. The molecule has 1 amide bonds. The number of alkyl halides is 3. The van der Waals surface area contributed by atoms with Crippen molar-refractivity contribution in [2.75, 3.05) is 33.3 Å². The molecule has 1 unspecified atom stereocenters. The standard InChI is InChI=1S/C20H24FN3O3.C2HF3O2/c1-14-16(6-9-26-14)19(25)24-12-20(13-24)10-15(5-8-23(20)2)11-27-18-17(21)4-3-7-22-18;3-2(4,5)1(6)7/h3-4,6-7,9,15H,5,8,10-13H2,1-2H3;(H,6,7). The van der Waals surface area contributed by atoms with Crippen molar-refractivity contribution in [2.24, 2.45) is 5.92 Å². The maximum atomic E-state index is 13.7. The lowest BCUT2D eigenvalue weighted by Crippen LogP contribution is -2.72. The van der Waals surface area contributed by atoms with Crippen LogP contribution in [0.15, 0.2) is 35.1 Å². The minimum Gasteiger partial charge on any atom is -0.475 e. The average molecular weight is 487 g/mol. The number of piperidine rings is 1. The van der Waals surface area contributed by atoms with Crippen molar-refractivity contribution >= 4 is 11.9 Å². The molecule has 2 aliphatic rings. The van der Waals surface area contributed by atoms with E-state index in [1.807, 2.05) is 4.90 Å². The van der Waals surface area contributed by atoms with Crippen molar-refractivity contribution in [2.45, 2.75) is 31.5 Å². The largest absolute Gasteiger partial charge is 0.490 e. The number of halogens is 4. The van der Waals surface area contributed by atoms with Crippen LogP contribution in [0, 0.1) is 18.7 Å². The van der Waals surface area contributed by atoms with E-state index >= 15 is 0 Å². The summed E-state index contributed by atoms with van der Waals surface area (Å²) in [6.07, 6.45) is -0.0929. The van der Waals surface area contributed by atoms with E-state index in [0.29, 0.717) is 36.9 Å². The molecule has 0 radical (unpaired) electrons. The lowest BCUT2D eigenvalue weighted by Gasteiger charge is -2.58. The second-order valence-corrected chi connectivity index (χ2v) is 8.46. The minimum atomic E-state index is -5.08. The van der Waals surface area contributed by atoms with Crippen LogP contribution in [-0.4, -0.2) is 76.8 Å². The van der Waals surface area contributed by atoms with E-state index in [2.05, 4.69) is 16.9 Å². The number of amides is 1. The van der Waals surface area contributed by atoms with Gasteiger partial charge in [-0.3, -0.25) is 9.69 Å². The van der Waals surface area contributed by atoms with Crippen LogP contribution in [0.25, 0.3) is 0 Å². The second-order valence-electron chi connectivity index (χ2n) is 8.46. The highest BCUT2D eigenvalue weighted by atomic mass is 19.4. The summed E-state index contributed by atoms with van der Waals surface area (Å²) in [5.41, 5.74) is 0.608. The number of carbonyl (C=O) groups is 2. The lowest BCUT2D eigenvalue weighted by atomic mass is 9.75. The molecule has 1 atom stereocenters. The number of aromatic nitrogens is 1. The Balaban J connectivity index is 0.000000406. The zero-order chi connectivity index (χ0) is 25.1. The van der Waals surface area contributed by atoms with E-state index in [4.69, 9.17) is 19.1 Å². The Morgan fingerprint density at radius 3 is 2.56 bits per heavy atom. The number of hydrogen-bond acceptors (Lipinski definition) is 6. The molecule has 2 fully saturated rings. The van der Waals surface area contributed by atoms with Gasteiger partial charge in [-0.2, -0.15) is 13.2 Å². The van der Waals surface area contributed by atoms with Gasteiger partial charge in [0.1, 0.15) is 5.76 Å². The first-order valence-electron chi connectivity index (χ1n) is 10.5. The number of aliphatic carboxylic acids is 1. The van der Waals surface area contributed by atoms with Crippen molar-refractivity contribution in [1.82, 2.24) is 14.8 Å². The van der Waals surface area contributed by atoms with Crippen LogP contribution in [0.3, 0.4) is 0 Å². The third kappa shape index (κ3) is 5.66. The highest BCUT2D eigenvalue weighted by Gasteiger charge is 2.51. The zero-order valence-electron chi connectivity index (χ0n) is 18.6. The van der Waals surface area contributed by atoms with E-state index in [1.165, 1.54) is 12.3 Å². The zero-order valence-corrected chi connectivity index (χ0v) is 18.6. The SMILES string of the molecule is Cc1occc1C(=O)N1CC2(CC(COc3ncccc3F)CCN2C)C1.O=C(O)C(F)(F)F. The van der Waals surface area contributed by atoms with Gasteiger partial charge < -0.3 is 19.2 Å². The number of ether oxygens (including phenoxy) is 1. The number of aryl methyl sites for hydroxylation is 1. The van der Waals surface area contributed by atoms with Gasteiger partial charge in [0.05, 0.1) is 24.0 Å². The molecule has 8 nitrogen and oxygen atoms in total. The molecule has 2 saturated heterocycles. The van der Waals surface area contributed by atoms with E-state index in [0.717, 1.165) is 19.4 Å². The molecule has 1 N–H and O–H groups in total. The Morgan fingerprint density at radius 2 is 2.00 bits per heavy atom. The first-order valence-corrected chi connectivity index (χ1v) is 10.5. The number of carbonyl (C=O) groups excluding carboxylic acids is 1. The third-order valence-corrected chi connectivity index (χ3v) is 6.12. The summed E-state index contributed by atoms with van der Waals surface area (Å²) in [7, 11) is 2.11. The molecule has 186 valence electrons. The van der Waals surface area contributed by atoms with Crippen molar-refractivity contribution in [3.8, 4) is 5.88 Å². The number of likely N-dealkylation sites (tertiary alicyclic amines) is 2. The Hall–Kier alpha value is -3.15. The number of hydrogen-bond donors (Lipinski definition) is 1. The molecule has 0 saturated carbocycles. The second kappa shape index (κ2) is 10.00. The number of carboxylic acids is 1. The molecule has 34 heavy (non-hydrogen) atoms. The Morgan fingerprint density at radius 1 is 1.32 bits per heavy atom. The fraction of sp³-hybridized carbons (Fsp3) is 0.500. The summed E-state index contributed by atoms with van der Waals surface area (Å²) in [6.45, 7) is 4.58. The molecule has 4 heterocycles. The average Bonchev–Trinajstić information content (AvgIpc) is 3.18. The number of pyridine rings is 1. The van der Waals surface area contributed by atoms with E-state index in [9.17, 15) is 22.4 Å². The Kier molecular flexibility index (Phi) is 7.49. The number of nitrogens with zero attached hydrogens (tertiary/aromatic N) is 3. The smallest absolute Gasteiger partial charge is 0.475 e. The van der Waals surface area contributed by atoms with Crippen LogP contribution in [0.5, 0.6) is 5.88 Å². The van der Waals surface area contributed by atoms with Crippen LogP contribution in [0.1, 0.15) is 29.0 Å². The third-order valence-electron chi connectivity index (χ3n) is 6.12. The van der Waals surface area contributed by atoms with Gasteiger partial charge in [0.15, 0.2) is 5.82 Å². The first-order chi connectivity index (χ1) is 15.9. The maximum Gasteiger partial charge on any atom is 0.490 e. The van der Waals surface area contributed by atoms with Gasteiger partial charge in [-0.1, -0.05) is 0 Å². The number of furan rings is 1. The summed E-state index contributed by atoms with van der Waals surface area (Å²) in [5, 5.41) is 7.12. The summed E-state index contributed by atoms with van der Waals surface area (Å²) in [4.78, 5) is 29.7.